The molecule has 0 fully saturated rings. The lowest BCUT2D eigenvalue weighted by molar-refractivity contribution is 0.922. The zero-order valence-corrected chi connectivity index (χ0v) is 12.9. The fraction of sp³-hybridized carbons (Fsp3) is 0.188. The molecule has 2 nitrogen and oxygen atoms in total. The average Bonchev–Trinajstić information content (AvgIpc) is 2.41. The largest absolute Gasteiger partial charge is 0.389 e. The first-order valence-corrected chi connectivity index (χ1v) is 7.34. The van der Waals surface area contributed by atoms with Crippen molar-refractivity contribution in [1.82, 2.24) is 0 Å². The molecule has 0 unspecified atom stereocenters. The Kier molecular flexibility index (Phi) is 4.99. The normalized spacial score (nSPS) is 10.3. The highest BCUT2D eigenvalue weighted by atomic mass is 35.5. The lowest BCUT2D eigenvalue weighted by Crippen LogP contribution is -2.09. The van der Waals surface area contributed by atoms with E-state index in [1.54, 1.807) is 0 Å². The van der Waals surface area contributed by atoms with Gasteiger partial charge in [-0.15, -0.1) is 0 Å². The van der Waals surface area contributed by atoms with Crippen molar-refractivity contribution in [3.8, 4) is 0 Å². The Morgan fingerprint density at radius 1 is 1.15 bits per heavy atom. The van der Waals surface area contributed by atoms with Gasteiger partial charge in [0, 0.05) is 16.9 Å². The van der Waals surface area contributed by atoms with Gasteiger partial charge in [0.15, 0.2) is 0 Å². The van der Waals surface area contributed by atoms with Gasteiger partial charge in [0.05, 0.1) is 5.02 Å². The molecular weight excluding hydrogens is 288 g/mol. The molecule has 0 saturated carbocycles. The third kappa shape index (κ3) is 3.71. The van der Waals surface area contributed by atoms with Crippen molar-refractivity contribution >= 4 is 40.2 Å². The van der Waals surface area contributed by atoms with Crippen LogP contribution >= 0.6 is 23.8 Å². The van der Waals surface area contributed by atoms with Gasteiger partial charge in [-0.1, -0.05) is 49.3 Å². The van der Waals surface area contributed by atoms with Crippen LogP contribution in [0.25, 0.3) is 0 Å². The number of aryl methyl sites for hydroxylation is 1. The molecule has 0 atom stereocenters. The standard InChI is InChI=1S/C16H17ClN2S/c1-2-3-11-4-6-12(7-5-11)19-13-8-9-14(16(18)20)15(17)10-13/h4-10,19H,2-3H2,1H3,(H2,18,20). The van der Waals surface area contributed by atoms with Gasteiger partial charge < -0.3 is 11.1 Å². The summed E-state index contributed by atoms with van der Waals surface area (Å²) in [5.41, 5.74) is 9.58. The molecule has 0 aliphatic heterocycles. The predicted molar refractivity (Wildman–Crippen MR) is 91.1 cm³/mol. The highest BCUT2D eigenvalue weighted by molar-refractivity contribution is 7.80. The number of hydrogen-bond donors (Lipinski definition) is 2. The molecule has 2 rings (SSSR count). The van der Waals surface area contributed by atoms with E-state index in [0.29, 0.717) is 15.6 Å². The molecule has 0 aliphatic carbocycles. The first-order valence-electron chi connectivity index (χ1n) is 6.55. The van der Waals surface area contributed by atoms with Crippen molar-refractivity contribution in [2.45, 2.75) is 19.8 Å². The van der Waals surface area contributed by atoms with E-state index >= 15 is 0 Å². The molecule has 0 aliphatic rings. The van der Waals surface area contributed by atoms with Crippen molar-refractivity contribution in [1.29, 1.82) is 0 Å². The van der Waals surface area contributed by atoms with E-state index in [-0.39, 0.29) is 0 Å². The summed E-state index contributed by atoms with van der Waals surface area (Å²) in [5, 5.41) is 3.87. The Morgan fingerprint density at radius 3 is 2.35 bits per heavy atom. The summed E-state index contributed by atoms with van der Waals surface area (Å²) >= 11 is 11.1. The van der Waals surface area contributed by atoms with Crippen LogP contribution in [0.4, 0.5) is 11.4 Å². The van der Waals surface area contributed by atoms with E-state index < -0.39 is 0 Å². The van der Waals surface area contributed by atoms with Crippen molar-refractivity contribution < 1.29 is 0 Å². The van der Waals surface area contributed by atoms with Crippen molar-refractivity contribution in [3.05, 3.63) is 58.6 Å². The summed E-state index contributed by atoms with van der Waals surface area (Å²) in [7, 11) is 0. The Balaban J connectivity index is 2.13. The maximum Gasteiger partial charge on any atom is 0.105 e. The smallest absolute Gasteiger partial charge is 0.105 e. The topological polar surface area (TPSA) is 38.0 Å². The first kappa shape index (κ1) is 14.8. The highest BCUT2D eigenvalue weighted by Gasteiger charge is 2.04. The second-order valence-corrected chi connectivity index (χ2v) is 5.48. The van der Waals surface area contributed by atoms with Gasteiger partial charge in [0.2, 0.25) is 0 Å². The quantitative estimate of drug-likeness (QED) is 0.788. The van der Waals surface area contributed by atoms with Gasteiger partial charge >= 0.3 is 0 Å². The lowest BCUT2D eigenvalue weighted by Gasteiger charge is -2.09. The molecule has 104 valence electrons. The third-order valence-electron chi connectivity index (χ3n) is 3.02. The van der Waals surface area contributed by atoms with Crippen LogP contribution in [0, 0.1) is 0 Å². The van der Waals surface area contributed by atoms with Gasteiger partial charge in [-0.25, -0.2) is 0 Å². The molecule has 3 N–H and O–H groups in total. The lowest BCUT2D eigenvalue weighted by atomic mass is 10.1. The molecule has 0 aromatic heterocycles. The molecule has 0 bridgehead atoms. The molecular formula is C16H17ClN2S. The van der Waals surface area contributed by atoms with E-state index in [9.17, 15) is 0 Å². The maximum atomic E-state index is 6.15. The third-order valence-corrected chi connectivity index (χ3v) is 3.55. The van der Waals surface area contributed by atoms with Crippen LogP contribution in [0.2, 0.25) is 5.02 Å². The minimum atomic E-state index is 0.311. The van der Waals surface area contributed by atoms with Gasteiger partial charge in [0.25, 0.3) is 0 Å². The Bertz CT molecular complexity index is 608. The van der Waals surface area contributed by atoms with Crippen LogP contribution in [-0.4, -0.2) is 4.99 Å². The van der Waals surface area contributed by atoms with Gasteiger partial charge in [0.1, 0.15) is 4.99 Å². The monoisotopic (exact) mass is 304 g/mol. The fourth-order valence-corrected chi connectivity index (χ4v) is 2.52. The van der Waals surface area contributed by atoms with Crippen molar-refractivity contribution in [2.24, 2.45) is 5.73 Å². The van der Waals surface area contributed by atoms with Crippen LogP contribution in [0.15, 0.2) is 42.5 Å². The molecule has 0 saturated heterocycles. The number of rotatable bonds is 5. The van der Waals surface area contributed by atoms with E-state index in [4.69, 9.17) is 29.6 Å². The summed E-state index contributed by atoms with van der Waals surface area (Å²) in [6.07, 6.45) is 2.26. The first-order chi connectivity index (χ1) is 9.60. The van der Waals surface area contributed by atoms with Gasteiger partial charge in [-0.3, -0.25) is 0 Å². The molecule has 0 spiro atoms. The molecule has 2 aromatic carbocycles. The minimum Gasteiger partial charge on any atom is -0.389 e. The Hall–Kier alpha value is -1.58. The Labute approximate surface area is 130 Å². The summed E-state index contributed by atoms with van der Waals surface area (Å²) < 4.78 is 0. The molecule has 4 heteroatoms. The maximum absolute atomic E-state index is 6.15. The number of hydrogen-bond acceptors (Lipinski definition) is 2. The van der Waals surface area contributed by atoms with E-state index in [1.807, 2.05) is 18.2 Å². The SMILES string of the molecule is CCCc1ccc(Nc2ccc(C(N)=S)c(Cl)c2)cc1. The van der Waals surface area contributed by atoms with Crippen LogP contribution in [0.3, 0.4) is 0 Å². The minimum absolute atomic E-state index is 0.311. The van der Waals surface area contributed by atoms with Gasteiger partial charge in [-0.05, 0) is 42.3 Å². The zero-order valence-electron chi connectivity index (χ0n) is 11.3. The summed E-state index contributed by atoms with van der Waals surface area (Å²) in [4.78, 5) is 0.311. The van der Waals surface area contributed by atoms with E-state index in [2.05, 4.69) is 36.5 Å². The summed E-state index contributed by atoms with van der Waals surface area (Å²) in [6.45, 7) is 2.18. The number of nitrogens with one attached hydrogen (secondary N) is 1. The highest BCUT2D eigenvalue weighted by Crippen LogP contribution is 2.24. The van der Waals surface area contributed by atoms with Crippen LogP contribution in [-0.2, 0) is 6.42 Å². The molecule has 0 radical (unpaired) electrons. The number of benzene rings is 2. The number of halogens is 1. The van der Waals surface area contributed by atoms with Crippen LogP contribution < -0.4 is 11.1 Å². The molecule has 0 amide bonds. The fourth-order valence-electron chi connectivity index (χ4n) is 2.00. The predicted octanol–water partition coefficient (Wildman–Crippen LogP) is 4.67. The molecule has 20 heavy (non-hydrogen) atoms. The van der Waals surface area contributed by atoms with Crippen LogP contribution in [0.5, 0.6) is 0 Å². The van der Waals surface area contributed by atoms with E-state index in [0.717, 1.165) is 24.2 Å². The van der Waals surface area contributed by atoms with Crippen LogP contribution in [0.1, 0.15) is 24.5 Å². The number of anilines is 2. The van der Waals surface area contributed by atoms with Crippen molar-refractivity contribution in [2.75, 3.05) is 5.32 Å². The van der Waals surface area contributed by atoms with E-state index in [1.165, 1.54) is 5.56 Å². The Morgan fingerprint density at radius 2 is 1.80 bits per heavy atom. The van der Waals surface area contributed by atoms with Gasteiger partial charge in [-0.2, -0.15) is 0 Å². The molecule has 2 aromatic rings. The molecule has 0 heterocycles. The average molecular weight is 305 g/mol. The summed E-state index contributed by atoms with van der Waals surface area (Å²) in [6, 6.07) is 14.0. The zero-order chi connectivity index (χ0) is 14.5. The second kappa shape index (κ2) is 6.73. The number of thiocarbonyl (C=S) groups is 1. The van der Waals surface area contributed by atoms with Crippen molar-refractivity contribution in [3.63, 3.8) is 0 Å². The second-order valence-electron chi connectivity index (χ2n) is 4.63. The summed E-state index contributed by atoms with van der Waals surface area (Å²) in [5.74, 6) is 0. The number of nitrogens with two attached hydrogens (primary N) is 1.